The van der Waals surface area contributed by atoms with E-state index in [0.717, 1.165) is 11.3 Å². The summed E-state index contributed by atoms with van der Waals surface area (Å²) in [6.07, 6.45) is 2.85. The second kappa shape index (κ2) is 3.30. The number of aromatic nitrogens is 1. The summed E-state index contributed by atoms with van der Waals surface area (Å²) in [5.74, 6) is 0. The maximum Gasteiger partial charge on any atom is 0.0782 e. The standard InChI is InChI=1S/C9H11NO/c1-3-9-8(7(2)11)5-4-6-10-9/h3-7,11H,1H2,2H3. The fourth-order valence-corrected chi connectivity index (χ4v) is 0.954. The van der Waals surface area contributed by atoms with Crippen LogP contribution in [-0.4, -0.2) is 10.1 Å². The molecule has 58 valence electrons. The van der Waals surface area contributed by atoms with Crippen LogP contribution in [0.5, 0.6) is 0 Å². The highest BCUT2D eigenvalue weighted by Crippen LogP contribution is 2.15. The highest BCUT2D eigenvalue weighted by atomic mass is 16.3. The fourth-order valence-electron chi connectivity index (χ4n) is 0.954. The summed E-state index contributed by atoms with van der Waals surface area (Å²) in [6, 6.07) is 3.64. The van der Waals surface area contributed by atoms with Gasteiger partial charge in [-0.1, -0.05) is 12.6 Å². The molecule has 0 fully saturated rings. The van der Waals surface area contributed by atoms with Gasteiger partial charge in [0.1, 0.15) is 0 Å². The van der Waals surface area contributed by atoms with Gasteiger partial charge in [-0.2, -0.15) is 0 Å². The average Bonchev–Trinajstić information content (AvgIpc) is 2.04. The Kier molecular flexibility index (Phi) is 2.39. The third-order valence-electron chi connectivity index (χ3n) is 1.51. The average molecular weight is 149 g/mol. The Hall–Kier alpha value is -1.15. The number of aliphatic hydroxyl groups excluding tert-OH is 1. The number of hydrogen-bond acceptors (Lipinski definition) is 2. The van der Waals surface area contributed by atoms with Crippen LogP contribution in [0.4, 0.5) is 0 Å². The van der Waals surface area contributed by atoms with E-state index < -0.39 is 6.10 Å². The first-order valence-electron chi connectivity index (χ1n) is 3.51. The quantitative estimate of drug-likeness (QED) is 0.695. The van der Waals surface area contributed by atoms with Gasteiger partial charge in [0.2, 0.25) is 0 Å². The topological polar surface area (TPSA) is 33.1 Å². The van der Waals surface area contributed by atoms with Crippen molar-refractivity contribution < 1.29 is 5.11 Å². The zero-order valence-electron chi connectivity index (χ0n) is 6.49. The molecule has 2 nitrogen and oxygen atoms in total. The molecule has 2 heteroatoms. The molecular formula is C9H11NO. The van der Waals surface area contributed by atoms with Gasteiger partial charge in [-0.25, -0.2) is 0 Å². The van der Waals surface area contributed by atoms with E-state index >= 15 is 0 Å². The Bertz CT molecular complexity index is 255. The van der Waals surface area contributed by atoms with Crippen LogP contribution in [0.2, 0.25) is 0 Å². The van der Waals surface area contributed by atoms with E-state index in [2.05, 4.69) is 11.6 Å². The zero-order valence-corrected chi connectivity index (χ0v) is 6.49. The molecule has 1 unspecified atom stereocenters. The lowest BCUT2D eigenvalue weighted by molar-refractivity contribution is 0.198. The monoisotopic (exact) mass is 149 g/mol. The van der Waals surface area contributed by atoms with Crippen molar-refractivity contribution in [2.75, 3.05) is 0 Å². The van der Waals surface area contributed by atoms with Crippen LogP contribution in [-0.2, 0) is 0 Å². The van der Waals surface area contributed by atoms with Crippen LogP contribution >= 0.6 is 0 Å². The highest BCUT2D eigenvalue weighted by Gasteiger charge is 2.04. The molecule has 1 atom stereocenters. The van der Waals surface area contributed by atoms with Crippen molar-refractivity contribution in [1.82, 2.24) is 4.98 Å². The minimum absolute atomic E-state index is 0.475. The van der Waals surface area contributed by atoms with Gasteiger partial charge in [0.25, 0.3) is 0 Å². The summed E-state index contributed by atoms with van der Waals surface area (Å²) in [6.45, 7) is 5.31. The molecule has 0 aliphatic rings. The summed E-state index contributed by atoms with van der Waals surface area (Å²) < 4.78 is 0. The summed E-state index contributed by atoms with van der Waals surface area (Å²) in [7, 11) is 0. The number of nitrogens with zero attached hydrogens (tertiary/aromatic N) is 1. The van der Waals surface area contributed by atoms with Crippen molar-refractivity contribution in [3.8, 4) is 0 Å². The number of aliphatic hydroxyl groups is 1. The maximum atomic E-state index is 9.25. The van der Waals surface area contributed by atoms with E-state index in [1.807, 2.05) is 6.07 Å². The smallest absolute Gasteiger partial charge is 0.0782 e. The van der Waals surface area contributed by atoms with Crippen LogP contribution in [0.3, 0.4) is 0 Å². The number of pyridine rings is 1. The number of rotatable bonds is 2. The van der Waals surface area contributed by atoms with Crippen LogP contribution in [0, 0.1) is 0 Å². The van der Waals surface area contributed by atoms with Gasteiger partial charge in [-0.05, 0) is 19.1 Å². The van der Waals surface area contributed by atoms with Crippen LogP contribution < -0.4 is 0 Å². The Morgan fingerprint density at radius 2 is 2.45 bits per heavy atom. The molecule has 0 aromatic carbocycles. The molecule has 0 saturated heterocycles. The molecule has 0 bridgehead atoms. The van der Waals surface area contributed by atoms with Gasteiger partial charge < -0.3 is 5.11 Å². The molecule has 0 aliphatic carbocycles. The van der Waals surface area contributed by atoms with Crippen molar-refractivity contribution in [1.29, 1.82) is 0 Å². The van der Waals surface area contributed by atoms with E-state index in [9.17, 15) is 5.11 Å². The summed E-state index contributed by atoms with van der Waals surface area (Å²) in [4.78, 5) is 4.04. The molecule has 0 radical (unpaired) electrons. The molecular weight excluding hydrogens is 138 g/mol. The first kappa shape index (κ1) is 7.95. The van der Waals surface area contributed by atoms with Gasteiger partial charge in [0, 0.05) is 11.8 Å². The molecule has 1 aromatic heterocycles. The lowest BCUT2D eigenvalue weighted by Crippen LogP contribution is -1.95. The number of hydrogen-bond donors (Lipinski definition) is 1. The van der Waals surface area contributed by atoms with Crippen molar-refractivity contribution in [2.24, 2.45) is 0 Å². The van der Waals surface area contributed by atoms with E-state index in [1.54, 1.807) is 25.3 Å². The first-order chi connectivity index (χ1) is 5.25. The molecule has 11 heavy (non-hydrogen) atoms. The first-order valence-corrected chi connectivity index (χ1v) is 3.51. The minimum atomic E-state index is -0.475. The molecule has 0 aliphatic heterocycles. The van der Waals surface area contributed by atoms with Crippen molar-refractivity contribution in [3.05, 3.63) is 36.2 Å². The fraction of sp³-hybridized carbons (Fsp3) is 0.222. The minimum Gasteiger partial charge on any atom is -0.389 e. The molecule has 1 rings (SSSR count). The lowest BCUT2D eigenvalue weighted by Gasteiger charge is -2.06. The van der Waals surface area contributed by atoms with Crippen molar-refractivity contribution >= 4 is 6.08 Å². The van der Waals surface area contributed by atoms with E-state index in [1.165, 1.54) is 0 Å². The molecule has 0 spiro atoms. The Balaban J connectivity index is 3.12. The summed E-state index contributed by atoms with van der Waals surface area (Å²) in [5, 5.41) is 9.25. The third kappa shape index (κ3) is 1.65. The summed E-state index contributed by atoms with van der Waals surface area (Å²) >= 11 is 0. The lowest BCUT2D eigenvalue weighted by atomic mass is 10.1. The van der Waals surface area contributed by atoms with Crippen molar-refractivity contribution in [2.45, 2.75) is 13.0 Å². The molecule has 0 saturated carbocycles. The molecule has 1 N–H and O–H groups in total. The molecule has 1 heterocycles. The summed E-state index contributed by atoms with van der Waals surface area (Å²) in [5.41, 5.74) is 1.57. The van der Waals surface area contributed by atoms with Gasteiger partial charge in [0.15, 0.2) is 0 Å². The second-order valence-electron chi connectivity index (χ2n) is 2.36. The molecule has 0 amide bonds. The van der Waals surface area contributed by atoms with E-state index in [4.69, 9.17) is 0 Å². The highest BCUT2D eigenvalue weighted by molar-refractivity contribution is 5.47. The zero-order chi connectivity index (χ0) is 8.27. The Morgan fingerprint density at radius 1 is 1.73 bits per heavy atom. The largest absolute Gasteiger partial charge is 0.389 e. The van der Waals surface area contributed by atoms with Gasteiger partial charge in [-0.3, -0.25) is 4.98 Å². The SMILES string of the molecule is C=Cc1ncccc1C(C)O. The normalized spacial score (nSPS) is 12.5. The Morgan fingerprint density at radius 3 is 2.91 bits per heavy atom. The third-order valence-corrected chi connectivity index (χ3v) is 1.51. The van der Waals surface area contributed by atoms with Gasteiger partial charge >= 0.3 is 0 Å². The maximum absolute atomic E-state index is 9.25. The predicted octanol–water partition coefficient (Wildman–Crippen LogP) is 1.78. The van der Waals surface area contributed by atoms with Crippen LogP contribution in [0.1, 0.15) is 24.3 Å². The second-order valence-corrected chi connectivity index (χ2v) is 2.36. The molecule has 1 aromatic rings. The van der Waals surface area contributed by atoms with Crippen LogP contribution in [0.15, 0.2) is 24.9 Å². The van der Waals surface area contributed by atoms with Gasteiger partial charge in [-0.15, -0.1) is 0 Å². The van der Waals surface area contributed by atoms with E-state index in [0.29, 0.717) is 0 Å². The predicted molar refractivity (Wildman–Crippen MR) is 45.0 cm³/mol. The van der Waals surface area contributed by atoms with E-state index in [-0.39, 0.29) is 0 Å². The Labute approximate surface area is 66.2 Å². The van der Waals surface area contributed by atoms with Gasteiger partial charge in [0.05, 0.1) is 11.8 Å². The van der Waals surface area contributed by atoms with Crippen LogP contribution in [0.25, 0.3) is 6.08 Å². The van der Waals surface area contributed by atoms with Crippen molar-refractivity contribution in [3.63, 3.8) is 0 Å².